The van der Waals surface area contributed by atoms with Gasteiger partial charge in [0.05, 0.1) is 13.2 Å². The van der Waals surface area contributed by atoms with Crippen molar-refractivity contribution in [2.24, 2.45) is 0 Å². The first-order valence-corrected chi connectivity index (χ1v) is 7.46. The van der Waals surface area contributed by atoms with Gasteiger partial charge in [0.2, 0.25) is 0 Å². The summed E-state index contributed by atoms with van der Waals surface area (Å²) >= 11 is 0. The van der Waals surface area contributed by atoms with E-state index >= 15 is 0 Å². The Labute approximate surface area is 137 Å². The molecule has 0 aromatic rings. The predicted molar refractivity (Wildman–Crippen MR) is 73.4 cm³/mol. The van der Waals surface area contributed by atoms with Gasteiger partial charge in [0.1, 0.15) is 48.8 Å². The van der Waals surface area contributed by atoms with Crippen LogP contribution in [0, 0.1) is 0 Å². The summed E-state index contributed by atoms with van der Waals surface area (Å²) in [5.41, 5.74) is 0. The number of methoxy groups -OCH3 is 1. The first-order chi connectivity index (χ1) is 11.3. The lowest BCUT2D eigenvalue weighted by Gasteiger charge is -2.26. The molecule has 0 aromatic carbocycles. The van der Waals surface area contributed by atoms with E-state index in [0.29, 0.717) is 0 Å². The maximum atomic E-state index is 9.87. The zero-order chi connectivity index (χ0) is 18.0. The second-order valence-corrected chi connectivity index (χ2v) is 5.78. The molecule has 7 N–H and O–H groups in total. The molecular formula is C13H24O11. The fourth-order valence-electron chi connectivity index (χ4n) is 2.71. The quantitative estimate of drug-likeness (QED) is 0.233. The van der Waals surface area contributed by atoms with Crippen molar-refractivity contribution in [1.29, 1.82) is 0 Å². The van der Waals surface area contributed by atoms with E-state index in [1.165, 1.54) is 7.11 Å². The fraction of sp³-hybridized carbons (Fsp3) is 1.00. The molecule has 10 atom stereocenters. The van der Waals surface area contributed by atoms with E-state index < -0.39 is 68.0 Å². The Balaban J connectivity index is 1.92. The molecule has 0 aliphatic carbocycles. The Kier molecular flexibility index (Phi) is 6.87. The molecule has 0 radical (unpaired) electrons. The molecule has 11 nitrogen and oxygen atoms in total. The van der Waals surface area contributed by atoms with E-state index in [-0.39, 0.29) is 6.61 Å². The molecule has 0 saturated carbocycles. The highest BCUT2D eigenvalue weighted by atomic mass is 16.7. The molecule has 0 aromatic heterocycles. The van der Waals surface area contributed by atoms with Crippen molar-refractivity contribution < 1.29 is 54.7 Å². The second-order valence-electron chi connectivity index (χ2n) is 5.78. The second kappa shape index (κ2) is 8.29. The maximum absolute atomic E-state index is 9.87. The highest BCUT2D eigenvalue weighted by Gasteiger charge is 2.49. The molecule has 2 fully saturated rings. The monoisotopic (exact) mass is 356 g/mol. The minimum Gasteiger partial charge on any atom is -0.394 e. The Hall–Kier alpha value is -0.440. The highest BCUT2D eigenvalue weighted by Crippen LogP contribution is 2.27. The van der Waals surface area contributed by atoms with Gasteiger partial charge >= 0.3 is 0 Å². The van der Waals surface area contributed by atoms with E-state index in [1.54, 1.807) is 0 Å². The number of ether oxygens (including phenoxy) is 4. The van der Waals surface area contributed by atoms with Crippen molar-refractivity contribution in [3.8, 4) is 0 Å². The summed E-state index contributed by atoms with van der Waals surface area (Å²) in [6.45, 7) is -0.937. The first-order valence-electron chi connectivity index (χ1n) is 7.46. The molecule has 0 amide bonds. The normalized spacial score (nSPS) is 45.5. The lowest BCUT2D eigenvalue weighted by molar-refractivity contribution is -0.210. The number of aliphatic hydroxyl groups is 7. The molecule has 2 aliphatic heterocycles. The number of hydrogen-bond donors (Lipinski definition) is 7. The van der Waals surface area contributed by atoms with Crippen LogP contribution in [0.25, 0.3) is 0 Å². The smallest absolute Gasteiger partial charge is 0.186 e. The van der Waals surface area contributed by atoms with Gasteiger partial charge in [0.15, 0.2) is 12.6 Å². The van der Waals surface area contributed by atoms with Crippen LogP contribution in [0.2, 0.25) is 0 Å². The van der Waals surface area contributed by atoms with E-state index in [9.17, 15) is 30.6 Å². The zero-order valence-electron chi connectivity index (χ0n) is 13.0. The maximum Gasteiger partial charge on any atom is 0.186 e. The van der Waals surface area contributed by atoms with Gasteiger partial charge < -0.3 is 54.7 Å². The van der Waals surface area contributed by atoms with Crippen LogP contribution in [-0.4, -0.2) is 117 Å². The topological polar surface area (TPSA) is 179 Å². The van der Waals surface area contributed by atoms with Gasteiger partial charge in [0.25, 0.3) is 0 Å². The summed E-state index contributed by atoms with van der Waals surface area (Å²) in [5.74, 6) is 0. The van der Waals surface area contributed by atoms with Crippen molar-refractivity contribution in [2.75, 3.05) is 20.3 Å². The van der Waals surface area contributed by atoms with Crippen LogP contribution in [-0.2, 0) is 18.9 Å². The predicted octanol–water partition coefficient (Wildman–Crippen LogP) is -4.74. The molecule has 0 spiro atoms. The Morgan fingerprint density at radius 2 is 1.54 bits per heavy atom. The zero-order valence-corrected chi connectivity index (χ0v) is 13.0. The minimum absolute atomic E-state index is 0.270. The van der Waals surface area contributed by atoms with Crippen LogP contribution in [0.4, 0.5) is 0 Å². The molecule has 2 aliphatic rings. The third-order valence-electron chi connectivity index (χ3n) is 4.19. The van der Waals surface area contributed by atoms with Crippen molar-refractivity contribution in [1.82, 2.24) is 0 Å². The molecular weight excluding hydrogens is 332 g/mol. The molecule has 11 heteroatoms. The van der Waals surface area contributed by atoms with Gasteiger partial charge in [0, 0.05) is 7.11 Å². The van der Waals surface area contributed by atoms with Crippen LogP contribution < -0.4 is 0 Å². The number of hydrogen-bond acceptors (Lipinski definition) is 11. The van der Waals surface area contributed by atoms with Crippen molar-refractivity contribution in [3.05, 3.63) is 0 Å². The number of rotatable bonds is 7. The Bertz CT molecular complexity index is 396. The lowest BCUT2D eigenvalue weighted by Crippen LogP contribution is -2.43. The fourth-order valence-corrected chi connectivity index (χ4v) is 2.71. The van der Waals surface area contributed by atoms with Gasteiger partial charge in [-0.2, -0.15) is 0 Å². The summed E-state index contributed by atoms with van der Waals surface area (Å²) in [7, 11) is 1.29. The molecule has 2 unspecified atom stereocenters. The van der Waals surface area contributed by atoms with Gasteiger partial charge in [-0.05, 0) is 0 Å². The SMILES string of the molecule is COC(CO[C@@H]1O[C@@H](C(O)CO)[C@H](O)[C@H]1O)[C@@H]1O[C@@H](O)[C@H](O)[C@H]1O. The van der Waals surface area contributed by atoms with Crippen LogP contribution in [0.3, 0.4) is 0 Å². The van der Waals surface area contributed by atoms with Crippen molar-refractivity contribution in [2.45, 2.75) is 61.4 Å². The van der Waals surface area contributed by atoms with Gasteiger partial charge in [-0.3, -0.25) is 0 Å². The largest absolute Gasteiger partial charge is 0.394 e. The average Bonchev–Trinajstić information content (AvgIpc) is 3.00. The van der Waals surface area contributed by atoms with E-state index in [1.807, 2.05) is 0 Å². The first kappa shape index (κ1) is 19.9. The van der Waals surface area contributed by atoms with Crippen LogP contribution in [0.15, 0.2) is 0 Å². The standard InChI is InChI=1S/C13H24O11/c1-21-5(11-6(16)8(18)12(20)23-11)3-22-13-9(19)7(17)10(24-13)4(15)2-14/h4-20H,2-3H2,1H3/t4?,5?,6-,7-,8-,9-,10+,11+,12-,13-/m1/s1. The number of aliphatic hydroxyl groups excluding tert-OH is 7. The summed E-state index contributed by atoms with van der Waals surface area (Å²) < 4.78 is 20.6. The van der Waals surface area contributed by atoms with E-state index in [4.69, 9.17) is 24.1 Å². The lowest BCUT2D eigenvalue weighted by atomic mass is 10.1. The summed E-state index contributed by atoms with van der Waals surface area (Å²) in [4.78, 5) is 0. The molecule has 2 saturated heterocycles. The minimum atomic E-state index is -1.57. The molecule has 142 valence electrons. The average molecular weight is 356 g/mol. The molecule has 24 heavy (non-hydrogen) atoms. The van der Waals surface area contributed by atoms with Crippen LogP contribution in [0.5, 0.6) is 0 Å². The molecule has 2 rings (SSSR count). The third-order valence-corrected chi connectivity index (χ3v) is 4.19. The molecule has 2 heterocycles. The van der Waals surface area contributed by atoms with E-state index in [2.05, 4.69) is 0 Å². The van der Waals surface area contributed by atoms with Crippen LogP contribution >= 0.6 is 0 Å². The van der Waals surface area contributed by atoms with Gasteiger partial charge in [-0.1, -0.05) is 0 Å². The van der Waals surface area contributed by atoms with Crippen molar-refractivity contribution in [3.63, 3.8) is 0 Å². The third kappa shape index (κ3) is 3.86. The Morgan fingerprint density at radius 3 is 2.04 bits per heavy atom. The van der Waals surface area contributed by atoms with Crippen molar-refractivity contribution >= 4 is 0 Å². The van der Waals surface area contributed by atoms with Gasteiger partial charge in [-0.25, -0.2) is 0 Å². The Morgan fingerprint density at radius 1 is 0.917 bits per heavy atom. The summed E-state index contributed by atoms with van der Waals surface area (Å²) in [6, 6.07) is 0. The van der Waals surface area contributed by atoms with Gasteiger partial charge in [-0.15, -0.1) is 0 Å². The summed E-state index contributed by atoms with van der Waals surface area (Å²) in [6.07, 6.45) is -13.3. The van der Waals surface area contributed by atoms with Crippen LogP contribution in [0.1, 0.15) is 0 Å². The summed E-state index contributed by atoms with van der Waals surface area (Å²) in [5, 5.41) is 66.7. The highest BCUT2D eigenvalue weighted by molar-refractivity contribution is 4.93. The van der Waals surface area contributed by atoms with E-state index in [0.717, 1.165) is 0 Å². The molecule has 0 bridgehead atoms.